The lowest BCUT2D eigenvalue weighted by molar-refractivity contribution is 0.431. The van der Waals surface area contributed by atoms with Crippen molar-refractivity contribution < 1.29 is 0 Å². The van der Waals surface area contributed by atoms with Gasteiger partial charge in [-0.2, -0.15) is 0 Å². The van der Waals surface area contributed by atoms with Crippen LogP contribution in [0.25, 0.3) is 11.1 Å². The molecule has 3 heteroatoms. The summed E-state index contributed by atoms with van der Waals surface area (Å²) in [6.07, 6.45) is 5.78. The highest BCUT2D eigenvalue weighted by Crippen LogP contribution is 2.44. The molecule has 7 aromatic rings. The van der Waals surface area contributed by atoms with Crippen LogP contribution in [0.15, 0.2) is 182 Å². The molecule has 0 bridgehead atoms. The van der Waals surface area contributed by atoms with Gasteiger partial charge in [-0.05, 0) is 118 Å². The molecule has 1 aliphatic rings. The van der Waals surface area contributed by atoms with Gasteiger partial charge in [0.2, 0.25) is 0 Å². The molecule has 8 rings (SSSR count). The number of hydrogen-bond acceptors (Lipinski definition) is 2. The lowest BCUT2D eigenvalue weighted by atomic mass is 9.69. The van der Waals surface area contributed by atoms with Gasteiger partial charge in [0.15, 0.2) is 0 Å². The van der Waals surface area contributed by atoms with Crippen molar-refractivity contribution in [1.82, 2.24) is 0 Å². The molecule has 0 spiro atoms. The molecule has 0 N–H and O–H groups in total. The van der Waals surface area contributed by atoms with Crippen molar-refractivity contribution >= 4 is 52.6 Å². The summed E-state index contributed by atoms with van der Waals surface area (Å²) in [4.78, 5) is 4.78. The van der Waals surface area contributed by atoms with Gasteiger partial charge in [0.1, 0.15) is 8.07 Å². The molecule has 1 aliphatic heterocycles. The van der Waals surface area contributed by atoms with Crippen LogP contribution in [-0.4, -0.2) is 8.07 Å². The smallest absolute Gasteiger partial charge is 0.113 e. The van der Waals surface area contributed by atoms with Gasteiger partial charge >= 0.3 is 0 Å². The Balaban J connectivity index is 1.18. The summed E-state index contributed by atoms with van der Waals surface area (Å²) in [5.74, 6) is 0. The van der Waals surface area contributed by atoms with Gasteiger partial charge in [-0.3, -0.25) is 0 Å². The van der Waals surface area contributed by atoms with E-state index in [1.54, 1.807) is 0 Å². The molecule has 0 saturated heterocycles. The number of fused-ring (bicyclic) bond motifs is 3. The van der Waals surface area contributed by atoms with Crippen molar-refractivity contribution in [3.8, 4) is 11.1 Å². The number of hydrogen-bond donors (Lipinski definition) is 0. The standard InChI is InChI=1S/C52H52N2Si/c1-5-7-19-38-52(6-2,40-28-32-45(33-29-40)53(42-20-11-8-12-21-42)43-22-13-9-14-23-43)41-30-34-46(35-31-41)54(44-24-15-10-16-25-44)47-36-37-51-49(39-47)48-26-17-18-27-50(48)55(51,3)4/h8-18,20-37,39H,5-7,19,38H2,1-4H3. The number of para-hydroxylation sites is 3. The molecule has 0 radical (unpaired) electrons. The van der Waals surface area contributed by atoms with E-state index in [4.69, 9.17) is 0 Å². The van der Waals surface area contributed by atoms with Gasteiger partial charge in [0.05, 0.1) is 0 Å². The van der Waals surface area contributed by atoms with Crippen LogP contribution in [0.1, 0.15) is 57.1 Å². The molecule has 0 aliphatic carbocycles. The second-order valence-electron chi connectivity index (χ2n) is 15.6. The number of anilines is 6. The van der Waals surface area contributed by atoms with Crippen LogP contribution < -0.4 is 20.2 Å². The minimum Gasteiger partial charge on any atom is -0.311 e. The van der Waals surface area contributed by atoms with E-state index in [1.165, 1.54) is 69.0 Å². The lowest BCUT2D eigenvalue weighted by Crippen LogP contribution is -2.49. The van der Waals surface area contributed by atoms with Crippen LogP contribution in [0.4, 0.5) is 34.1 Å². The number of rotatable bonds is 13. The minimum absolute atomic E-state index is 0.0956. The fraction of sp³-hybridized carbons (Fsp3) is 0.192. The largest absolute Gasteiger partial charge is 0.311 e. The zero-order chi connectivity index (χ0) is 37.8. The maximum Gasteiger partial charge on any atom is 0.113 e. The second-order valence-corrected chi connectivity index (χ2v) is 19.9. The molecule has 1 unspecified atom stereocenters. The van der Waals surface area contributed by atoms with Crippen LogP contribution in [0.2, 0.25) is 13.1 Å². The van der Waals surface area contributed by atoms with E-state index in [0.29, 0.717) is 0 Å². The van der Waals surface area contributed by atoms with E-state index >= 15 is 0 Å². The van der Waals surface area contributed by atoms with Gasteiger partial charge in [-0.15, -0.1) is 0 Å². The average molecular weight is 733 g/mol. The van der Waals surface area contributed by atoms with E-state index in [9.17, 15) is 0 Å². The van der Waals surface area contributed by atoms with E-state index in [2.05, 4.69) is 219 Å². The molecule has 274 valence electrons. The topological polar surface area (TPSA) is 6.48 Å². The third-order valence-corrected chi connectivity index (χ3v) is 15.6. The fourth-order valence-corrected chi connectivity index (χ4v) is 12.1. The molecule has 1 heterocycles. The van der Waals surface area contributed by atoms with Crippen LogP contribution >= 0.6 is 0 Å². The molecule has 1 atom stereocenters. The Kier molecular flexibility index (Phi) is 10.3. The Bertz CT molecular complexity index is 2300. The molecule has 0 amide bonds. The molecular weight excluding hydrogens is 681 g/mol. The van der Waals surface area contributed by atoms with E-state index < -0.39 is 8.07 Å². The monoisotopic (exact) mass is 732 g/mol. The van der Waals surface area contributed by atoms with E-state index in [-0.39, 0.29) is 5.41 Å². The van der Waals surface area contributed by atoms with Gasteiger partial charge in [-0.1, -0.05) is 155 Å². The summed E-state index contributed by atoms with van der Waals surface area (Å²) in [6.45, 7) is 9.65. The fourth-order valence-electron chi connectivity index (χ4n) is 9.05. The molecule has 7 aromatic carbocycles. The maximum atomic E-state index is 2.49. The molecule has 0 aromatic heterocycles. The highest BCUT2D eigenvalue weighted by molar-refractivity contribution is 7.03. The molecule has 0 saturated carbocycles. The molecule has 2 nitrogen and oxygen atoms in total. The zero-order valence-electron chi connectivity index (χ0n) is 32.8. The maximum absolute atomic E-state index is 2.49. The Hall–Kier alpha value is -5.64. The summed E-state index contributed by atoms with van der Waals surface area (Å²) in [6, 6.07) is 67.4. The summed E-state index contributed by atoms with van der Waals surface area (Å²) < 4.78 is 0. The lowest BCUT2D eigenvalue weighted by Gasteiger charge is -2.36. The highest BCUT2D eigenvalue weighted by Gasteiger charge is 2.38. The summed E-state index contributed by atoms with van der Waals surface area (Å²) in [7, 11) is -1.74. The average Bonchev–Trinajstić information content (AvgIpc) is 3.47. The molecular formula is C52H52N2Si. The second kappa shape index (κ2) is 15.6. The van der Waals surface area contributed by atoms with Gasteiger partial charge in [0.25, 0.3) is 0 Å². The zero-order valence-corrected chi connectivity index (χ0v) is 33.8. The van der Waals surface area contributed by atoms with Gasteiger partial charge in [-0.25, -0.2) is 0 Å². The van der Waals surface area contributed by atoms with Crippen LogP contribution in [-0.2, 0) is 5.41 Å². The number of nitrogens with zero attached hydrogens (tertiary/aromatic N) is 2. The Morgan fingerprint density at radius 3 is 1.33 bits per heavy atom. The normalized spacial score (nSPS) is 13.7. The van der Waals surface area contributed by atoms with E-state index in [0.717, 1.165) is 29.9 Å². The predicted octanol–water partition coefficient (Wildman–Crippen LogP) is 13.7. The van der Waals surface area contributed by atoms with Crippen LogP contribution in [0.5, 0.6) is 0 Å². The first-order valence-corrected chi connectivity index (χ1v) is 23.2. The first-order valence-electron chi connectivity index (χ1n) is 20.2. The number of benzene rings is 7. The Morgan fingerprint density at radius 2 is 0.836 bits per heavy atom. The summed E-state index contributed by atoms with van der Waals surface area (Å²) >= 11 is 0. The van der Waals surface area contributed by atoms with Crippen molar-refractivity contribution in [3.63, 3.8) is 0 Å². The van der Waals surface area contributed by atoms with Gasteiger partial charge < -0.3 is 9.80 Å². The van der Waals surface area contributed by atoms with Gasteiger partial charge in [0, 0.05) is 39.5 Å². The first kappa shape index (κ1) is 36.3. The third-order valence-electron chi connectivity index (χ3n) is 12.0. The first-order chi connectivity index (χ1) is 26.9. The quantitative estimate of drug-likeness (QED) is 0.0860. The van der Waals surface area contributed by atoms with Crippen molar-refractivity contribution in [2.45, 2.75) is 64.5 Å². The SMILES string of the molecule is CCCCCC(CC)(c1ccc(N(c2ccccc2)c2ccccc2)cc1)c1ccc(N(c2ccccc2)c2ccc3c(c2)-c2ccccc2[Si]3(C)C)cc1. The highest BCUT2D eigenvalue weighted by atomic mass is 28.3. The summed E-state index contributed by atoms with van der Waals surface area (Å²) in [5, 5.41) is 3.07. The summed E-state index contributed by atoms with van der Waals surface area (Å²) in [5.41, 5.74) is 12.5. The van der Waals surface area contributed by atoms with Crippen molar-refractivity contribution in [2.75, 3.05) is 9.80 Å². The van der Waals surface area contributed by atoms with Crippen molar-refractivity contribution in [3.05, 3.63) is 193 Å². The predicted molar refractivity (Wildman–Crippen MR) is 240 cm³/mol. The Morgan fingerprint density at radius 1 is 0.418 bits per heavy atom. The minimum atomic E-state index is -1.74. The third kappa shape index (κ3) is 6.83. The van der Waals surface area contributed by atoms with Crippen LogP contribution in [0, 0.1) is 0 Å². The Labute approximate surface area is 329 Å². The van der Waals surface area contributed by atoms with Crippen molar-refractivity contribution in [1.29, 1.82) is 0 Å². The van der Waals surface area contributed by atoms with E-state index in [1.807, 2.05) is 0 Å². The molecule has 0 fully saturated rings. The van der Waals surface area contributed by atoms with Crippen molar-refractivity contribution in [2.24, 2.45) is 0 Å². The number of unbranched alkanes of at least 4 members (excludes halogenated alkanes) is 2. The van der Waals surface area contributed by atoms with Crippen LogP contribution in [0.3, 0.4) is 0 Å². The molecule has 55 heavy (non-hydrogen) atoms.